The van der Waals surface area contributed by atoms with Crippen LogP contribution in [0.15, 0.2) is 47.2 Å². The number of piperidine rings is 1. The van der Waals surface area contributed by atoms with E-state index in [2.05, 4.69) is 43.0 Å². The minimum atomic E-state index is -0.118. The largest absolute Gasteiger partial charge is 0.493 e. The summed E-state index contributed by atoms with van der Waals surface area (Å²) in [6, 6.07) is 11.7. The van der Waals surface area contributed by atoms with Crippen LogP contribution in [0.3, 0.4) is 0 Å². The van der Waals surface area contributed by atoms with E-state index in [9.17, 15) is 4.79 Å². The molecule has 0 bridgehead atoms. The van der Waals surface area contributed by atoms with Crippen LogP contribution in [-0.2, 0) is 9.53 Å². The molecule has 8 nitrogen and oxygen atoms in total. The van der Waals surface area contributed by atoms with Crippen LogP contribution in [0.1, 0.15) is 45.4 Å². The van der Waals surface area contributed by atoms with Crippen molar-refractivity contribution in [3.05, 3.63) is 47.2 Å². The topological polar surface area (TPSA) is 85.8 Å². The Hall–Kier alpha value is -2.91. The van der Waals surface area contributed by atoms with E-state index in [0.717, 1.165) is 59.8 Å². The number of methoxy groups -OCH3 is 1. The maximum absolute atomic E-state index is 12.1. The van der Waals surface area contributed by atoms with Crippen molar-refractivity contribution >= 4 is 44.3 Å². The van der Waals surface area contributed by atoms with E-state index >= 15 is 0 Å². The van der Waals surface area contributed by atoms with E-state index in [1.165, 1.54) is 12.8 Å². The van der Waals surface area contributed by atoms with Crippen molar-refractivity contribution < 1.29 is 19.0 Å². The first-order valence-electron chi connectivity index (χ1n) is 13.4. The van der Waals surface area contributed by atoms with Gasteiger partial charge in [-0.3, -0.25) is 9.69 Å². The van der Waals surface area contributed by atoms with Crippen molar-refractivity contribution in [3.8, 4) is 11.5 Å². The third kappa shape index (κ3) is 8.04. The Morgan fingerprint density at radius 3 is 2.71 bits per heavy atom. The van der Waals surface area contributed by atoms with Crippen LogP contribution in [-0.4, -0.2) is 60.8 Å². The number of fused-ring (bicyclic) bond motifs is 1. The second-order valence-corrected chi connectivity index (χ2v) is 10.6. The van der Waals surface area contributed by atoms with Gasteiger partial charge >= 0.3 is 5.97 Å². The van der Waals surface area contributed by atoms with Gasteiger partial charge in [-0.25, -0.2) is 9.97 Å². The van der Waals surface area contributed by atoms with Gasteiger partial charge in [0.15, 0.2) is 11.5 Å². The molecule has 1 fully saturated rings. The number of hydrogen-bond donors (Lipinski definition) is 1. The molecular formula is C29H37BrN4O4. The second-order valence-electron chi connectivity index (χ2n) is 9.69. The van der Waals surface area contributed by atoms with Gasteiger partial charge in [-0.2, -0.15) is 0 Å². The van der Waals surface area contributed by atoms with Gasteiger partial charge in [0.25, 0.3) is 0 Å². The number of ether oxygens (including phenoxy) is 3. The highest BCUT2D eigenvalue weighted by molar-refractivity contribution is 9.10. The number of carbonyl (C=O) groups is 1. The number of unbranched alkanes of at least 4 members (excludes halogenated alkanes) is 3. The minimum Gasteiger partial charge on any atom is -0.493 e. The van der Waals surface area contributed by atoms with Crippen LogP contribution in [0.25, 0.3) is 10.9 Å². The SMILES string of the molecule is CCCCCCOC(=O)CN1CCC(COc2cc3ncnc(Nc4cccc(Br)c4)c3cc2OC)CC1. The first-order valence-corrected chi connectivity index (χ1v) is 14.2. The predicted octanol–water partition coefficient (Wildman–Crippen LogP) is 6.36. The van der Waals surface area contributed by atoms with Gasteiger partial charge in [0, 0.05) is 21.6 Å². The van der Waals surface area contributed by atoms with Gasteiger partial charge in [0.05, 0.1) is 32.4 Å². The Morgan fingerprint density at radius 1 is 1.11 bits per heavy atom. The van der Waals surface area contributed by atoms with E-state index in [-0.39, 0.29) is 5.97 Å². The molecule has 1 saturated heterocycles. The standard InChI is InChI=1S/C29H37BrN4O4/c1-3-4-5-6-14-37-28(35)18-34-12-10-21(11-13-34)19-38-27-17-25-24(16-26(27)36-2)29(32-20-31-25)33-23-9-7-8-22(30)15-23/h7-9,15-17,20-21H,3-6,10-14,18-19H2,1-2H3,(H,31,32,33). The maximum Gasteiger partial charge on any atom is 0.320 e. The van der Waals surface area contributed by atoms with Crippen LogP contribution in [0.5, 0.6) is 11.5 Å². The van der Waals surface area contributed by atoms with Gasteiger partial charge in [-0.05, 0) is 62.5 Å². The van der Waals surface area contributed by atoms with E-state index in [0.29, 0.717) is 43.0 Å². The molecule has 204 valence electrons. The number of rotatable bonds is 13. The Balaban J connectivity index is 1.30. The van der Waals surface area contributed by atoms with Gasteiger partial charge in [0.1, 0.15) is 12.1 Å². The van der Waals surface area contributed by atoms with E-state index in [1.54, 1.807) is 13.4 Å². The first kappa shape index (κ1) is 28.1. The molecule has 0 aliphatic carbocycles. The van der Waals surface area contributed by atoms with Crippen molar-refractivity contribution in [2.75, 3.05) is 45.3 Å². The van der Waals surface area contributed by atoms with E-state index in [4.69, 9.17) is 14.2 Å². The molecule has 1 N–H and O–H groups in total. The van der Waals surface area contributed by atoms with Crippen LogP contribution in [0.2, 0.25) is 0 Å². The molecule has 2 heterocycles. The Bertz CT molecular complexity index is 1200. The van der Waals surface area contributed by atoms with Crippen LogP contribution < -0.4 is 14.8 Å². The molecule has 38 heavy (non-hydrogen) atoms. The fraction of sp³-hybridized carbons (Fsp3) is 0.483. The molecule has 9 heteroatoms. The molecule has 0 saturated carbocycles. The Labute approximate surface area is 233 Å². The zero-order chi connectivity index (χ0) is 26.7. The summed E-state index contributed by atoms with van der Waals surface area (Å²) < 4.78 is 18.3. The summed E-state index contributed by atoms with van der Waals surface area (Å²) in [6.45, 7) is 5.40. The average Bonchev–Trinajstić information content (AvgIpc) is 2.92. The normalized spacial score (nSPS) is 14.4. The molecule has 1 aliphatic rings. The van der Waals surface area contributed by atoms with E-state index in [1.807, 2.05) is 36.4 Å². The lowest BCUT2D eigenvalue weighted by Crippen LogP contribution is -2.39. The minimum absolute atomic E-state index is 0.118. The molecule has 0 amide bonds. The number of nitrogens with one attached hydrogen (secondary N) is 1. The van der Waals surface area contributed by atoms with Crippen LogP contribution in [0, 0.1) is 5.92 Å². The highest BCUT2D eigenvalue weighted by Gasteiger charge is 2.22. The summed E-state index contributed by atoms with van der Waals surface area (Å²) in [5.74, 6) is 2.30. The third-order valence-electron chi connectivity index (χ3n) is 6.80. The van der Waals surface area contributed by atoms with Crippen molar-refractivity contribution in [2.24, 2.45) is 5.92 Å². The van der Waals surface area contributed by atoms with Crippen molar-refractivity contribution in [3.63, 3.8) is 0 Å². The van der Waals surface area contributed by atoms with Gasteiger partial charge in [-0.1, -0.05) is 48.2 Å². The zero-order valence-electron chi connectivity index (χ0n) is 22.2. The molecule has 0 spiro atoms. The summed E-state index contributed by atoms with van der Waals surface area (Å²) in [5, 5.41) is 4.21. The summed E-state index contributed by atoms with van der Waals surface area (Å²) in [4.78, 5) is 23.2. The molecular weight excluding hydrogens is 548 g/mol. The molecule has 1 aromatic heterocycles. The molecule has 0 radical (unpaired) electrons. The number of aromatic nitrogens is 2. The lowest BCUT2D eigenvalue weighted by Gasteiger charge is -2.31. The number of halogens is 1. The third-order valence-corrected chi connectivity index (χ3v) is 7.30. The van der Waals surface area contributed by atoms with Gasteiger partial charge < -0.3 is 19.5 Å². The average molecular weight is 586 g/mol. The predicted molar refractivity (Wildman–Crippen MR) is 153 cm³/mol. The lowest BCUT2D eigenvalue weighted by atomic mass is 9.98. The smallest absolute Gasteiger partial charge is 0.320 e. The van der Waals surface area contributed by atoms with Crippen LogP contribution >= 0.6 is 15.9 Å². The van der Waals surface area contributed by atoms with Gasteiger partial charge in [0.2, 0.25) is 0 Å². The fourth-order valence-electron chi connectivity index (χ4n) is 4.60. The summed E-state index contributed by atoms with van der Waals surface area (Å²) in [6.07, 6.45) is 7.94. The van der Waals surface area contributed by atoms with Gasteiger partial charge in [-0.15, -0.1) is 0 Å². The summed E-state index contributed by atoms with van der Waals surface area (Å²) >= 11 is 3.50. The second kappa shape index (κ2) is 14.3. The number of likely N-dealkylation sites (tertiary alicyclic amines) is 1. The molecule has 1 aliphatic heterocycles. The quantitative estimate of drug-likeness (QED) is 0.183. The molecule has 0 atom stereocenters. The molecule has 2 aromatic carbocycles. The van der Waals surface area contributed by atoms with Crippen LogP contribution in [0.4, 0.5) is 11.5 Å². The number of carbonyl (C=O) groups excluding carboxylic acids is 1. The van der Waals surface area contributed by atoms with E-state index < -0.39 is 0 Å². The Morgan fingerprint density at radius 2 is 1.95 bits per heavy atom. The lowest BCUT2D eigenvalue weighted by molar-refractivity contribution is -0.145. The number of esters is 1. The highest BCUT2D eigenvalue weighted by Crippen LogP contribution is 2.35. The zero-order valence-corrected chi connectivity index (χ0v) is 23.8. The van der Waals surface area contributed by atoms with Crippen molar-refractivity contribution in [2.45, 2.75) is 45.4 Å². The maximum atomic E-state index is 12.1. The highest BCUT2D eigenvalue weighted by atomic mass is 79.9. The summed E-state index contributed by atoms with van der Waals surface area (Å²) in [7, 11) is 1.64. The molecule has 4 rings (SSSR count). The number of benzene rings is 2. The molecule has 0 unspecified atom stereocenters. The molecule has 3 aromatic rings. The number of hydrogen-bond acceptors (Lipinski definition) is 8. The van der Waals surface area contributed by atoms with Crippen molar-refractivity contribution in [1.82, 2.24) is 14.9 Å². The number of anilines is 2. The monoisotopic (exact) mass is 584 g/mol. The Kier molecular flexibility index (Phi) is 10.6. The number of nitrogens with zero attached hydrogens (tertiary/aromatic N) is 3. The first-order chi connectivity index (χ1) is 18.6. The van der Waals surface area contributed by atoms with Crippen molar-refractivity contribution in [1.29, 1.82) is 0 Å². The summed E-state index contributed by atoms with van der Waals surface area (Å²) in [5.41, 5.74) is 1.70. The fourth-order valence-corrected chi connectivity index (χ4v) is 5.00.